The summed E-state index contributed by atoms with van der Waals surface area (Å²) in [7, 11) is 4.06. The summed E-state index contributed by atoms with van der Waals surface area (Å²) < 4.78 is 0. The van der Waals surface area contributed by atoms with Gasteiger partial charge in [-0.2, -0.15) is 5.10 Å². The van der Waals surface area contributed by atoms with Crippen LogP contribution in [0.15, 0.2) is 79.3 Å². The fourth-order valence-electron chi connectivity index (χ4n) is 4.10. The van der Waals surface area contributed by atoms with Crippen LogP contribution in [-0.2, 0) is 6.54 Å². The molecule has 0 saturated heterocycles. The monoisotopic (exact) mass is 462 g/mol. The molecular formula is C28H26N6O. The molecular weight excluding hydrogens is 436 g/mol. The van der Waals surface area contributed by atoms with Crippen molar-refractivity contribution in [1.82, 2.24) is 25.1 Å². The Morgan fingerprint density at radius 1 is 0.943 bits per heavy atom. The maximum absolute atomic E-state index is 13.1. The first kappa shape index (κ1) is 22.4. The van der Waals surface area contributed by atoms with E-state index in [0.717, 1.165) is 45.4 Å². The second-order valence-electron chi connectivity index (χ2n) is 8.91. The third-order valence-electron chi connectivity index (χ3n) is 5.74. The average molecular weight is 463 g/mol. The second kappa shape index (κ2) is 9.48. The zero-order valence-electron chi connectivity index (χ0n) is 19.9. The number of hydrogen-bond donors (Lipinski definition) is 2. The lowest BCUT2D eigenvalue weighted by molar-refractivity contribution is 0.102. The van der Waals surface area contributed by atoms with Crippen LogP contribution in [0.2, 0.25) is 0 Å². The standard InChI is InChI=1S/C28H26N6O/c1-18-5-4-6-21(11-18)25-10-8-23(16-30-25)31-28(35)27-24-13-20(7-9-26(24)32-33-27)22-12-19(14-29-15-22)17-34(2)3/h4-16H,17H2,1-3H3,(H,31,35)(H,32,33). The molecule has 0 bridgehead atoms. The molecule has 7 nitrogen and oxygen atoms in total. The zero-order valence-corrected chi connectivity index (χ0v) is 19.9. The van der Waals surface area contributed by atoms with E-state index in [4.69, 9.17) is 0 Å². The number of anilines is 1. The molecule has 0 radical (unpaired) electrons. The number of nitrogens with zero attached hydrogens (tertiary/aromatic N) is 4. The lowest BCUT2D eigenvalue weighted by Gasteiger charge is -2.10. The summed E-state index contributed by atoms with van der Waals surface area (Å²) in [4.78, 5) is 24.1. The number of hydrogen-bond acceptors (Lipinski definition) is 5. The van der Waals surface area contributed by atoms with E-state index in [-0.39, 0.29) is 5.91 Å². The minimum atomic E-state index is -0.294. The number of aryl methyl sites for hydroxylation is 1. The SMILES string of the molecule is Cc1cccc(-c2ccc(NC(=O)c3n[nH]c4ccc(-c5cncc(CN(C)C)c5)cc34)cn2)c1. The van der Waals surface area contributed by atoms with Crippen molar-refractivity contribution in [2.24, 2.45) is 0 Å². The molecule has 0 aliphatic carbocycles. The minimum absolute atomic E-state index is 0.294. The number of carbonyl (C=O) groups is 1. The van der Waals surface area contributed by atoms with Crippen molar-refractivity contribution in [3.63, 3.8) is 0 Å². The molecule has 2 aromatic carbocycles. The lowest BCUT2D eigenvalue weighted by atomic mass is 10.0. The molecule has 2 N–H and O–H groups in total. The first-order valence-corrected chi connectivity index (χ1v) is 11.4. The van der Waals surface area contributed by atoms with Crippen LogP contribution < -0.4 is 5.32 Å². The van der Waals surface area contributed by atoms with Gasteiger partial charge in [-0.1, -0.05) is 29.8 Å². The van der Waals surface area contributed by atoms with Gasteiger partial charge >= 0.3 is 0 Å². The van der Waals surface area contributed by atoms with Crippen molar-refractivity contribution < 1.29 is 4.79 Å². The van der Waals surface area contributed by atoms with Crippen molar-refractivity contribution in [3.8, 4) is 22.4 Å². The zero-order chi connectivity index (χ0) is 24.4. The molecule has 1 amide bonds. The lowest BCUT2D eigenvalue weighted by Crippen LogP contribution is -2.13. The summed E-state index contributed by atoms with van der Waals surface area (Å²) >= 11 is 0. The first-order chi connectivity index (χ1) is 17.0. The number of carbonyl (C=O) groups excluding carboxylic acids is 1. The second-order valence-corrected chi connectivity index (χ2v) is 8.91. The van der Waals surface area contributed by atoms with E-state index in [1.807, 2.05) is 69.0 Å². The number of amides is 1. The van der Waals surface area contributed by atoms with Gasteiger partial charge < -0.3 is 10.2 Å². The summed E-state index contributed by atoms with van der Waals surface area (Å²) in [5.41, 5.74) is 7.90. The third-order valence-corrected chi connectivity index (χ3v) is 5.74. The van der Waals surface area contributed by atoms with E-state index in [9.17, 15) is 4.79 Å². The summed E-state index contributed by atoms with van der Waals surface area (Å²) in [5.74, 6) is -0.294. The number of nitrogens with one attached hydrogen (secondary N) is 2. The molecule has 5 rings (SSSR count). The van der Waals surface area contributed by atoms with Crippen LogP contribution in [0.4, 0.5) is 5.69 Å². The molecule has 7 heteroatoms. The van der Waals surface area contributed by atoms with Gasteiger partial charge in [-0.3, -0.25) is 19.9 Å². The third kappa shape index (κ3) is 4.95. The fourth-order valence-corrected chi connectivity index (χ4v) is 4.10. The maximum Gasteiger partial charge on any atom is 0.276 e. The van der Waals surface area contributed by atoms with E-state index in [2.05, 4.69) is 55.5 Å². The normalized spacial score (nSPS) is 11.2. The van der Waals surface area contributed by atoms with Crippen LogP contribution in [0.3, 0.4) is 0 Å². The number of rotatable bonds is 6. The van der Waals surface area contributed by atoms with Gasteiger partial charge in [0.1, 0.15) is 0 Å². The summed E-state index contributed by atoms with van der Waals surface area (Å²) in [6, 6.07) is 20.0. The van der Waals surface area contributed by atoms with E-state index in [1.54, 1.807) is 6.20 Å². The molecule has 0 unspecified atom stereocenters. The Morgan fingerprint density at radius 2 is 1.83 bits per heavy atom. The molecule has 5 aromatic rings. The molecule has 0 saturated carbocycles. The van der Waals surface area contributed by atoms with Gasteiger partial charge in [0.25, 0.3) is 5.91 Å². The van der Waals surface area contributed by atoms with Crippen molar-refractivity contribution in [2.75, 3.05) is 19.4 Å². The number of benzene rings is 2. The smallest absolute Gasteiger partial charge is 0.276 e. The molecule has 35 heavy (non-hydrogen) atoms. The maximum atomic E-state index is 13.1. The number of aromatic nitrogens is 4. The fraction of sp³-hybridized carbons (Fsp3) is 0.143. The van der Waals surface area contributed by atoms with Crippen molar-refractivity contribution in [3.05, 3.63) is 96.1 Å². The van der Waals surface area contributed by atoms with Crippen molar-refractivity contribution in [1.29, 1.82) is 0 Å². The van der Waals surface area contributed by atoms with Gasteiger partial charge in [-0.05, 0) is 68.5 Å². The summed E-state index contributed by atoms with van der Waals surface area (Å²) in [6.45, 7) is 2.86. The highest BCUT2D eigenvalue weighted by molar-refractivity contribution is 6.11. The van der Waals surface area contributed by atoms with Gasteiger partial charge in [0.2, 0.25) is 0 Å². The van der Waals surface area contributed by atoms with Gasteiger partial charge in [0.15, 0.2) is 5.69 Å². The van der Waals surface area contributed by atoms with E-state index >= 15 is 0 Å². The molecule has 0 aliphatic heterocycles. The van der Waals surface area contributed by atoms with Crippen LogP contribution in [-0.4, -0.2) is 45.1 Å². The molecule has 3 heterocycles. The highest BCUT2D eigenvalue weighted by Gasteiger charge is 2.16. The van der Waals surface area contributed by atoms with E-state index in [1.165, 1.54) is 5.56 Å². The Morgan fingerprint density at radius 3 is 2.60 bits per heavy atom. The Balaban J connectivity index is 1.39. The molecule has 0 fully saturated rings. The number of pyridine rings is 2. The molecule has 3 aromatic heterocycles. The Bertz CT molecular complexity index is 1500. The summed E-state index contributed by atoms with van der Waals surface area (Å²) in [5, 5.41) is 10.9. The predicted octanol–water partition coefficient (Wildman–Crippen LogP) is 5.31. The quantitative estimate of drug-likeness (QED) is 0.357. The molecule has 174 valence electrons. The van der Waals surface area contributed by atoms with E-state index < -0.39 is 0 Å². The van der Waals surface area contributed by atoms with Crippen molar-refractivity contribution in [2.45, 2.75) is 13.5 Å². The topological polar surface area (TPSA) is 86.8 Å². The van der Waals surface area contributed by atoms with Crippen molar-refractivity contribution >= 4 is 22.5 Å². The number of aromatic amines is 1. The number of fused-ring (bicyclic) bond motifs is 1. The van der Waals surface area contributed by atoms with Crippen LogP contribution in [0, 0.1) is 6.92 Å². The van der Waals surface area contributed by atoms with Gasteiger partial charge in [-0.15, -0.1) is 0 Å². The van der Waals surface area contributed by atoms with Crippen LogP contribution in [0.1, 0.15) is 21.6 Å². The number of H-pyrrole nitrogens is 1. The molecule has 0 atom stereocenters. The van der Waals surface area contributed by atoms with Crippen LogP contribution in [0.5, 0.6) is 0 Å². The highest BCUT2D eigenvalue weighted by atomic mass is 16.1. The van der Waals surface area contributed by atoms with Crippen LogP contribution >= 0.6 is 0 Å². The van der Waals surface area contributed by atoms with Gasteiger partial charge in [-0.25, -0.2) is 0 Å². The molecule has 0 aliphatic rings. The van der Waals surface area contributed by atoms with E-state index in [0.29, 0.717) is 11.4 Å². The molecule has 0 spiro atoms. The average Bonchev–Trinajstić information content (AvgIpc) is 3.28. The summed E-state index contributed by atoms with van der Waals surface area (Å²) in [6.07, 6.45) is 5.37. The highest BCUT2D eigenvalue weighted by Crippen LogP contribution is 2.26. The Labute approximate surface area is 203 Å². The largest absolute Gasteiger partial charge is 0.319 e. The van der Waals surface area contributed by atoms with Gasteiger partial charge in [0.05, 0.1) is 23.1 Å². The first-order valence-electron chi connectivity index (χ1n) is 11.4. The Hall–Kier alpha value is -4.36. The van der Waals surface area contributed by atoms with Crippen LogP contribution in [0.25, 0.3) is 33.3 Å². The van der Waals surface area contributed by atoms with Gasteiger partial charge in [0, 0.05) is 35.5 Å². The Kier molecular flexibility index (Phi) is 6.08. The predicted molar refractivity (Wildman–Crippen MR) is 139 cm³/mol. The minimum Gasteiger partial charge on any atom is -0.319 e.